The Balaban J connectivity index is 1.83. The second-order valence-electron chi connectivity index (χ2n) is 15.0. The summed E-state index contributed by atoms with van der Waals surface area (Å²) in [6, 6.07) is 30.0. The van der Waals surface area contributed by atoms with E-state index in [0.29, 0.717) is 26.3 Å². The maximum Gasteiger partial charge on any atom is 0.365 e. The second-order valence-corrected chi connectivity index (χ2v) is 15.0. The lowest BCUT2D eigenvalue weighted by Crippen LogP contribution is -2.50. The van der Waals surface area contributed by atoms with E-state index in [1.165, 1.54) is 11.1 Å². The van der Waals surface area contributed by atoms with E-state index >= 15 is 0 Å². The zero-order chi connectivity index (χ0) is 33.3. The van der Waals surface area contributed by atoms with Gasteiger partial charge in [-0.05, 0) is 43.8 Å². The fourth-order valence-electron chi connectivity index (χ4n) is 6.32. The molecule has 0 bridgehead atoms. The van der Waals surface area contributed by atoms with Gasteiger partial charge in [-0.2, -0.15) is 0 Å². The molecule has 0 atom stereocenters. The molecule has 0 aromatic heterocycles. The number of nitrogens with two attached hydrogens (primary N) is 2. The van der Waals surface area contributed by atoms with Crippen molar-refractivity contribution in [2.75, 3.05) is 26.3 Å². The fourth-order valence-corrected chi connectivity index (χ4v) is 6.32. The van der Waals surface area contributed by atoms with Crippen molar-refractivity contribution in [3.05, 3.63) is 107 Å². The zero-order valence-electron chi connectivity index (χ0n) is 28.9. The van der Waals surface area contributed by atoms with Crippen LogP contribution in [0, 0.1) is 0 Å². The first-order valence-corrected chi connectivity index (χ1v) is 16.6. The largest absolute Gasteiger partial charge is 0.458 e. The molecule has 46 heavy (non-hydrogen) atoms. The van der Waals surface area contributed by atoms with Gasteiger partial charge in [0, 0.05) is 42.8 Å². The first-order valence-electron chi connectivity index (χ1n) is 16.6. The SMILES string of the molecule is CC(C)(C)c1cc(B(OCCN)c2ccccc2)c2c(c1)C(C)(C)c1cc(C(C)(C)C)cc(B(OCCN)c3ccccc3)c1O2. The highest BCUT2D eigenvalue weighted by Crippen LogP contribution is 2.49. The molecule has 7 heteroatoms. The summed E-state index contributed by atoms with van der Waals surface area (Å²) in [5.41, 5.74) is 20.3. The Morgan fingerprint density at radius 1 is 0.609 bits per heavy atom. The van der Waals surface area contributed by atoms with Crippen LogP contribution in [-0.4, -0.2) is 40.1 Å². The van der Waals surface area contributed by atoms with E-state index in [1.54, 1.807) is 0 Å². The van der Waals surface area contributed by atoms with Crippen molar-refractivity contribution < 1.29 is 14.0 Å². The van der Waals surface area contributed by atoms with Crippen molar-refractivity contribution in [2.24, 2.45) is 11.5 Å². The molecule has 1 aliphatic heterocycles. The van der Waals surface area contributed by atoms with Gasteiger partial charge in [0.25, 0.3) is 0 Å². The molecule has 4 aromatic rings. The molecule has 0 saturated carbocycles. The topological polar surface area (TPSA) is 79.7 Å². The maximum absolute atomic E-state index is 7.25. The van der Waals surface area contributed by atoms with E-state index in [4.69, 9.17) is 25.5 Å². The van der Waals surface area contributed by atoms with Crippen molar-refractivity contribution in [3.8, 4) is 11.5 Å². The van der Waals surface area contributed by atoms with Gasteiger partial charge < -0.3 is 25.5 Å². The Hall–Kier alpha value is -3.35. The summed E-state index contributed by atoms with van der Waals surface area (Å²) < 4.78 is 20.4. The van der Waals surface area contributed by atoms with E-state index in [9.17, 15) is 0 Å². The smallest absolute Gasteiger partial charge is 0.365 e. The number of rotatable bonds is 10. The molecule has 240 valence electrons. The molecule has 5 nitrogen and oxygen atoms in total. The number of ether oxygens (including phenoxy) is 1. The van der Waals surface area contributed by atoms with Crippen molar-refractivity contribution >= 4 is 35.7 Å². The van der Waals surface area contributed by atoms with E-state index in [2.05, 4.69) is 128 Å². The molecular formula is C39H50B2N2O3. The van der Waals surface area contributed by atoms with Crippen molar-refractivity contribution in [1.82, 2.24) is 0 Å². The molecule has 0 amide bonds. The first-order chi connectivity index (χ1) is 21.8. The fraction of sp³-hybridized carbons (Fsp3) is 0.385. The van der Waals surface area contributed by atoms with Crippen molar-refractivity contribution in [2.45, 2.75) is 71.6 Å². The third-order valence-corrected chi connectivity index (χ3v) is 9.09. The van der Waals surface area contributed by atoms with Crippen LogP contribution in [0.3, 0.4) is 0 Å². The average Bonchev–Trinajstić information content (AvgIpc) is 3.01. The predicted molar refractivity (Wildman–Crippen MR) is 195 cm³/mol. The Morgan fingerprint density at radius 2 is 0.978 bits per heavy atom. The van der Waals surface area contributed by atoms with Gasteiger partial charge >= 0.3 is 13.8 Å². The third-order valence-electron chi connectivity index (χ3n) is 9.09. The second kappa shape index (κ2) is 13.4. The highest BCUT2D eigenvalue weighted by Gasteiger charge is 2.43. The molecule has 0 spiro atoms. The molecule has 0 unspecified atom stereocenters. The summed E-state index contributed by atoms with van der Waals surface area (Å²) in [6.45, 7) is 19.2. The quantitative estimate of drug-likeness (QED) is 0.249. The van der Waals surface area contributed by atoms with Crippen LogP contribution in [0.15, 0.2) is 84.9 Å². The lowest BCUT2D eigenvalue weighted by Gasteiger charge is -2.40. The van der Waals surface area contributed by atoms with E-state index < -0.39 is 0 Å². The molecule has 0 fully saturated rings. The number of hydrogen-bond donors (Lipinski definition) is 2. The molecule has 5 rings (SSSR count). The van der Waals surface area contributed by atoms with Gasteiger partial charge in [0.05, 0.1) is 0 Å². The van der Waals surface area contributed by atoms with Gasteiger partial charge in [-0.25, -0.2) is 0 Å². The van der Waals surface area contributed by atoms with Gasteiger partial charge in [-0.1, -0.05) is 140 Å². The van der Waals surface area contributed by atoms with Crippen LogP contribution in [0.1, 0.15) is 77.6 Å². The van der Waals surface area contributed by atoms with Crippen LogP contribution in [0.4, 0.5) is 0 Å². The number of fused-ring (bicyclic) bond motifs is 2. The van der Waals surface area contributed by atoms with Gasteiger partial charge in [-0.3, -0.25) is 0 Å². The Kier molecular flexibility index (Phi) is 9.91. The molecule has 1 aliphatic rings. The van der Waals surface area contributed by atoms with Crippen LogP contribution in [0.5, 0.6) is 11.5 Å². The van der Waals surface area contributed by atoms with Crippen LogP contribution in [0.25, 0.3) is 0 Å². The normalized spacial score (nSPS) is 13.9. The lowest BCUT2D eigenvalue weighted by atomic mass is 9.52. The van der Waals surface area contributed by atoms with Gasteiger partial charge in [0.2, 0.25) is 0 Å². The van der Waals surface area contributed by atoms with E-state index in [0.717, 1.165) is 44.5 Å². The molecule has 1 heterocycles. The standard InChI is InChI=1S/C39H50B2N2O3/c1-37(2,3)27-23-31-35(33(25-27)40(44-21-19-42)29-15-11-9-12-16-29)46-36-32(39(31,7)8)24-28(38(4,5)6)26-34(36)41(45-22-20-43)30-17-13-10-14-18-30/h9-18,23-26H,19-22,42-43H2,1-8H3. The Labute approximate surface area is 277 Å². The summed E-state index contributed by atoms with van der Waals surface area (Å²) in [5, 5.41) is 0. The van der Waals surface area contributed by atoms with Crippen LogP contribution < -0.4 is 38.1 Å². The van der Waals surface area contributed by atoms with E-state index in [1.807, 2.05) is 12.1 Å². The summed E-state index contributed by atoms with van der Waals surface area (Å²) in [5.74, 6) is 1.68. The lowest BCUT2D eigenvalue weighted by molar-refractivity contribution is 0.341. The van der Waals surface area contributed by atoms with Crippen LogP contribution in [0.2, 0.25) is 0 Å². The highest BCUT2D eigenvalue weighted by atomic mass is 16.5. The summed E-state index contributed by atoms with van der Waals surface area (Å²) in [6.07, 6.45) is 0. The Bertz CT molecular complexity index is 1520. The monoisotopic (exact) mass is 616 g/mol. The van der Waals surface area contributed by atoms with Crippen LogP contribution in [-0.2, 0) is 25.6 Å². The first kappa shape index (κ1) is 34.0. The van der Waals surface area contributed by atoms with E-state index in [-0.39, 0.29) is 30.1 Å². The predicted octanol–water partition coefficient (Wildman–Crippen LogP) is 4.88. The molecule has 4 aromatic carbocycles. The maximum atomic E-state index is 7.25. The zero-order valence-corrected chi connectivity index (χ0v) is 28.9. The van der Waals surface area contributed by atoms with Gasteiger partial charge in [-0.15, -0.1) is 0 Å². The molecule has 0 radical (unpaired) electrons. The summed E-state index contributed by atoms with van der Waals surface area (Å²) in [7, 11) is 0. The number of hydrogen-bond acceptors (Lipinski definition) is 5. The summed E-state index contributed by atoms with van der Waals surface area (Å²) >= 11 is 0. The molecule has 4 N–H and O–H groups in total. The van der Waals surface area contributed by atoms with Crippen molar-refractivity contribution in [1.29, 1.82) is 0 Å². The Morgan fingerprint density at radius 3 is 1.30 bits per heavy atom. The minimum Gasteiger partial charge on any atom is -0.458 e. The molecule has 0 aliphatic carbocycles. The molecule has 0 saturated heterocycles. The van der Waals surface area contributed by atoms with Crippen molar-refractivity contribution in [3.63, 3.8) is 0 Å². The average molecular weight is 616 g/mol. The molecular weight excluding hydrogens is 566 g/mol. The summed E-state index contributed by atoms with van der Waals surface area (Å²) in [4.78, 5) is 0. The number of benzene rings is 4. The minimum atomic E-state index is -0.390. The minimum absolute atomic E-state index is 0.0951. The highest BCUT2D eigenvalue weighted by molar-refractivity contribution is 6.81. The third kappa shape index (κ3) is 6.84. The van der Waals surface area contributed by atoms with Gasteiger partial charge in [0.15, 0.2) is 0 Å². The van der Waals surface area contributed by atoms with Gasteiger partial charge in [0.1, 0.15) is 11.5 Å². The van der Waals surface area contributed by atoms with Crippen LogP contribution >= 0.6 is 0 Å².